The highest BCUT2D eigenvalue weighted by Gasteiger charge is 2.27. The van der Waals surface area contributed by atoms with Gasteiger partial charge in [-0.3, -0.25) is 0 Å². The van der Waals surface area contributed by atoms with Crippen LogP contribution in [0, 0.1) is 12.8 Å². The summed E-state index contributed by atoms with van der Waals surface area (Å²) < 4.78 is 0. The number of H-pyrrole nitrogens is 1. The molecular weight excluding hydrogens is 220 g/mol. The van der Waals surface area contributed by atoms with Gasteiger partial charge in [-0.25, -0.2) is 0 Å². The highest BCUT2D eigenvalue weighted by Crippen LogP contribution is 2.39. The number of nitrogens with one attached hydrogen (secondary N) is 1. The first kappa shape index (κ1) is 11.8. The maximum absolute atomic E-state index is 6.06. The summed E-state index contributed by atoms with van der Waals surface area (Å²) in [5.74, 6) is 1.32. The number of rotatable bonds is 3. The molecule has 18 heavy (non-hydrogen) atoms. The molecule has 3 rings (SSSR count). The summed E-state index contributed by atoms with van der Waals surface area (Å²) in [4.78, 5) is 3.44. The molecular formula is C16H22N2. The number of para-hydroxylation sites is 1. The minimum Gasteiger partial charge on any atom is -0.361 e. The van der Waals surface area contributed by atoms with Gasteiger partial charge >= 0.3 is 0 Å². The Hall–Kier alpha value is -1.28. The fourth-order valence-electron chi connectivity index (χ4n) is 3.57. The van der Waals surface area contributed by atoms with E-state index in [1.54, 1.807) is 0 Å². The van der Waals surface area contributed by atoms with Crippen LogP contribution in [-0.2, 0) is 0 Å². The average molecular weight is 242 g/mol. The number of aromatic nitrogens is 1. The molecule has 1 atom stereocenters. The highest BCUT2D eigenvalue weighted by atomic mass is 14.7. The summed E-state index contributed by atoms with van der Waals surface area (Å²) in [7, 11) is 0. The van der Waals surface area contributed by atoms with E-state index in [1.807, 2.05) is 0 Å². The lowest BCUT2D eigenvalue weighted by Gasteiger charge is -2.21. The van der Waals surface area contributed by atoms with E-state index in [2.05, 4.69) is 36.3 Å². The third-order valence-electron chi connectivity index (χ3n) is 4.58. The highest BCUT2D eigenvalue weighted by molar-refractivity contribution is 5.86. The van der Waals surface area contributed by atoms with E-state index in [4.69, 9.17) is 5.73 Å². The molecule has 2 heteroatoms. The van der Waals surface area contributed by atoms with Gasteiger partial charge in [-0.2, -0.15) is 0 Å². The Bertz CT molecular complexity index is 535. The zero-order valence-electron chi connectivity index (χ0n) is 11.1. The van der Waals surface area contributed by atoms with Crippen molar-refractivity contribution in [1.82, 2.24) is 4.98 Å². The molecule has 1 fully saturated rings. The number of fused-ring (bicyclic) bond motifs is 1. The SMILES string of the molecule is Cc1cccc2c(C(CN)C3CCCC3)c[nH]c12. The van der Waals surface area contributed by atoms with Crippen LogP contribution in [0.5, 0.6) is 0 Å². The predicted molar refractivity (Wildman–Crippen MR) is 76.8 cm³/mol. The summed E-state index contributed by atoms with van der Waals surface area (Å²) in [6, 6.07) is 6.54. The van der Waals surface area contributed by atoms with E-state index >= 15 is 0 Å². The normalized spacial score (nSPS) is 18.6. The Balaban J connectivity index is 2.04. The first-order valence-corrected chi connectivity index (χ1v) is 7.08. The van der Waals surface area contributed by atoms with E-state index in [9.17, 15) is 0 Å². The van der Waals surface area contributed by atoms with Crippen molar-refractivity contribution >= 4 is 10.9 Å². The third kappa shape index (κ3) is 1.85. The standard InChI is InChI=1S/C16H22N2/c1-11-5-4-8-13-15(10-18-16(11)13)14(9-17)12-6-2-3-7-12/h4-5,8,10,12,14,18H,2-3,6-7,9,17H2,1H3. The number of benzene rings is 1. The Morgan fingerprint density at radius 1 is 1.33 bits per heavy atom. The van der Waals surface area contributed by atoms with Gasteiger partial charge in [0, 0.05) is 23.0 Å². The van der Waals surface area contributed by atoms with Gasteiger partial charge < -0.3 is 10.7 Å². The summed E-state index contributed by atoms with van der Waals surface area (Å²) in [5.41, 5.74) is 10.1. The molecule has 0 amide bonds. The molecule has 1 aliphatic carbocycles. The molecule has 96 valence electrons. The number of aromatic amines is 1. The number of aryl methyl sites for hydroxylation is 1. The molecule has 0 spiro atoms. The molecule has 1 unspecified atom stereocenters. The zero-order chi connectivity index (χ0) is 12.5. The van der Waals surface area contributed by atoms with Crippen molar-refractivity contribution in [2.75, 3.05) is 6.54 Å². The van der Waals surface area contributed by atoms with E-state index < -0.39 is 0 Å². The summed E-state index contributed by atoms with van der Waals surface area (Å²) in [6.07, 6.45) is 7.64. The third-order valence-corrected chi connectivity index (χ3v) is 4.58. The molecule has 2 aromatic rings. The topological polar surface area (TPSA) is 41.8 Å². The Kier molecular flexibility index (Phi) is 3.13. The number of hydrogen-bond acceptors (Lipinski definition) is 1. The average Bonchev–Trinajstić information content (AvgIpc) is 3.01. The molecule has 0 bridgehead atoms. The van der Waals surface area contributed by atoms with Crippen LogP contribution in [-0.4, -0.2) is 11.5 Å². The van der Waals surface area contributed by atoms with Gasteiger partial charge in [0.2, 0.25) is 0 Å². The van der Waals surface area contributed by atoms with Crippen molar-refractivity contribution in [3.63, 3.8) is 0 Å². The minimum absolute atomic E-state index is 0.531. The molecule has 3 N–H and O–H groups in total. The summed E-state index contributed by atoms with van der Waals surface area (Å²) in [5, 5.41) is 1.37. The number of nitrogens with two attached hydrogens (primary N) is 1. The fourth-order valence-corrected chi connectivity index (χ4v) is 3.57. The smallest absolute Gasteiger partial charge is 0.0486 e. The van der Waals surface area contributed by atoms with Crippen molar-refractivity contribution in [2.24, 2.45) is 11.7 Å². The maximum atomic E-state index is 6.06. The van der Waals surface area contributed by atoms with Crippen molar-refractivity contribution in [3.8, 4) is 0 Å². The van der Waals surface area contributed by atoms with Crippen LogP contribution < -0.4 is 5.73 Å². The Morgan fingerprint density at radius 3 is 2.83 bits per heavy atom. The fraction of sp³-hybridized carbons (Fsp3) is 0.500. The Labute approximate surface area is 109 Å². The van der Waals surface area contributed by atoms with Gasteiger partial charge in [-0.15, -0.1) is 0 Å². The molecule has 0 radical (unpaired) electrons. The van der Waals surface area contributed by atoms with E-state index in [1.165, 1.54) is 47.7 Å². The van der Waals surface area contributed by atoms with E-state index in [-0.39, 0.29) is 0 Å². The molecule has 1 aromatic heterocycles. The predicted octanol–water partition coefficient (Wildman–Crippen LogP) is 3.71. The van der Waals surface area contributed by atoms with Crippen LogP contribution in [0.3, 0.4) is 0 Å². The second kappa shape index (κ2) is 4.77. The van der Waals surface area contributed by atoms with Gasteiger partial charge in [-0.1, -0.05) is 31.0 Å². The van der Waals surface area contributed by atoms with Gasteiger partial charge in [0.05, 0.1) is 0 Å². The first-order valence-electron chi connectivity index (χ1n) is 7.08. The molecule has 0 saturated heterocycles. The van der Waals surface area contributed by atoms with Crippen LogP contribution >= 0.6 is 0 Å². The first-order chi connectivity index (χ1) is 8.81. The molecule has 0 aliphatic heterocycles. The largest absolute Gasteiger partial charge is 0.361 e. The lowest BCUT2D eigenvalue weighted by atomic mass is 9.84. The minimum atomic E-state index is 0.531. The number of hydrogen-bond donors (Lipinski definition) is 2. The van der Waals surface area contributed by atoms with Gasteiger partial charge in [0.25, 0.3) is 0 Å². The van der Waals surface area contributed by atoms with Crippen LogP contribution in [0.15, 0.2) is 24.4 Å². The van der Waals surface area contributed by atoms with Gasteiger partial charge in [0.1, 0.15) is 0 Å². The van der Waals surface area contributed by atoms with Crippen molar-refractivity contribution in [1.29, 1.82) is 0 Å². The van der Waals surface area contributed by atoms with E-state index in [0.29, 0.717) is 5.92 Å². The molecule has 1 aromatic carbocycles. The molecule has 1 heterocycles. The van der Waals surface area contributed by atoms with Crippen molar-refractivity contribution < 1.29 is 0 Å². The van der Waals surface area contributed by atoms with Crippen LogP contribution in [0.4, 0.5) is 0 Å². The van der Waals surface area contributed by atoms with Crippen molar-refractivity contribution in [3.05, 3.63) is 35.5 Å². The zero-order valence-corrected chi connectivity index (χ0v) is 11.1. The lowest BCUT2D eigenvalue weighted by Crippen LogP contribution is -2.19. The summed E-state index contributed by atoms with van der Waals surface area (Å²) >= 11 is 0. The van der Waals surface area contributed by atoms with Gasteiger partial charge in [0.15, 0.2) is 0 Å². The maximum Gasteiger partial charge on any atom is 0.0486 e. The monoisotopic (exact) mass is 242 g/mol. The quantitative estimate of drug-likeness (QED) is 0.846. The van der Waals surface area contributed by atoms with Crippen LogP contribution in [0.25, 0.3) is 10.9 Å². The Morgan fingerprint density at radius 2 is 2.11 bits per heavy atom. The second-order valence-corrected chi connectivity index (χ2v) is 5.63. The van der Waals surface area contributed by atoms with E-state index in [0.717, 1.165) is 12.5 Å². The van der Waals surface area contributed by atoms with Crippen LogP contribution in [0.2, 0.25) is 0 Å². The molecule has 1 aliphatic rings. The lowest BCUT2D eigenvalue weighted by molar-refractivity contribution is 0.442. The molecule has 1 saturated carbocycles. The molecule has 2 nitrogen and oxygen atoms in total. The van der Waals surface area contributed by atoms with Crippen LogP contribution in [0.1, 0.15) is 42.7 Å². The van der Waals surface area contributed by atoms with Gasteiger partial charge in [-0.05, 0) is 43.4 Å². The second-order valence-electron chi connectivity index (χ2n) is 5.63. The summed E-state index contributed by atoms with van der Waals surface area (Å²) in [6.45, 7) is 2.93. The van der Waals surface area contributed by atoms with Crippen molar-refractivity contribution in [2.45, 2.75) is 38.5 Å².